The highest BCUT2D eigenvalue weighted by Crippen LogP contribution is 2.26. The van der Waals surface area contributed by atoms with Crippen molar-refractivity contribution in [1.29, 1.82) is 0 Å². The second kappa shape index (κ2) is 8.55. The van der Waals surface area contributed by atoms with Gasteiger partial charge in [-0.15, -0.1) is 0 Å². The number of rotatable bonds is 4. The van der Waals surface area contributed by atoms with Crippen LogP contribution in [0, 0.1) is 0 Å². The van der Waals surface area contributed by atoms with Gasteiger partial charge in [-0.1, -0.05) is 29.3 Å². The van der Waals surface area contributed by atoms with E-state index in [1.807, 2.05) is 0 Å². The number of sulfonamides is 1. The fraction of sp³-hybridized carbons (Fsp3) is 0.611. The lowest BCUT2D eigenvalue weighted by molar-refractivity contribution is 0.0163. The molecule has 1 aromatic rings. The highest BCUT2D eigenvalue weighted by Gasteiger charge is 2.34. The minimum Gasteiger partial charge on any atom is -0.444 e. The van der Waals surface area contributed by atoms with Crippen LogP contribution < -0.4 is 0 Å². The second-order valence-corrected chi connectivity index (χ2v) is 10.6. The van der Waals surface area contributed by atoms with Gasteiger partial charge in [0.2, 0.25) is 10.0 Å². The third-order valence-corrected chi connectivity index (χ3v) is 6.79. The molecule has 6 nitrogen and oxygen atoms in total. The van der Waals surface area contributed by atoms with Gasteiger partial charge < -0.3 is 9.64 Å². The molecule has 152 valence electrons. The number of likely N-dealkylation sites (N-methyl/N-ethyl adjacent to an activating group) is 1. The van der Waals surface area contributed by atoms with Crippen LogP contribution in [0.5, 0.6) is 0 Å². The standard InChI is InChI=1S/C18H26Cl2N2O4S/c1-18(2,3)26-17(23)22-9-5-6-15(11-22)21(4)27(24,25)12-13-7-8-14(19)10-16(13)20/h7-8,10,15H,5-6,9,11-12H2,1-4H3/t15-/m0/s1. The summed E-state index contributed by atoms with van der Waals surface area (Å²) < 4.78 is 32.4. The molecule has 1 aromatic carbocycles. The van der Waals surface area contributed by atoms with Crippen molar-refractivity contribution in [3.05, 3.63) is 33.8 Å². The van der Waals surface area contributed by atoms with Crippen molar-refractivity contribution in [2.24, 2.45) is 0 Å². The van der Waals surface area contributed by atoms with Crippen LogP contribution in [0.4, 0.5) is 4.79 Å². The first kappa shape index (κ1) is 22.3. The number of benzene rings is 1. The molecule has 1 fully saturated rings. The van der Waals surface area contributed by atoms with Gasteiger partial charge in [0.1, 0.15) is 5.60 Å². The zero-order valence-corrected chi connectivity index (χ0v) is 18.4. The number of piperidine rings is 1. The van der Waals surface area contributed by atoms with Crippen LogP contribution in [-0.4, -0.2) is 55.5 Å². The average molecular weight is 437 g/mol. The summed E-state index contributed by atoms with van der Waals surface area (Å²) in [6.07, 6.45) is 0.980. The summed E-state index contributed by atoms with van der Waals surface area (Å²) in [6, 6.07) is 4.45. The van der Waals surface area contributed by atoms with E-state index in [0.717, 1.165) is 0 Å². The first-order valence-electron chi connectivity index (χ1n) is 8.76. The lowest BCUT2D eigenvalue weighted by Crippen LogP contribution is -2.51. The Kier molecular flexibility index (Phi) is 7.06. The summed E-state index contributed by atoms with van der Waals surface area (Å²) >= 11 is 12.0. The summed E-state index contributed by atoms with van der Waals surface area (Å²) in [5, 5.41) is 0.772. The Morgan fingerprint density at radius 2 is 2.00 bits per heavy atom. The quantitative estimate of drug-likeness (QED) is 0.710. The van der Waals surface area contributed by atoms with Gasteiger partial charge in [0.25, 0.3) is 0 Å². The lowest BCUT2D eigenvalue weighted by atomic mass is 10.1. The molecular weight excluding hydrogens is 411 g/mol. The van der Waals surface area contributed by atoms with Crippen molar-refractivity contribution in [2.75, 3.05) is 20.1 Å². The predicted molar refractivity (Wildman–Crippen MR) is 108 cm³/mol. The average Bonchev–Trinajstić information content (AvgIpc) is 2.55. The minimum absolute atomic E-state index is 0.220. The first-order valence-corrected chi connectivity index (χ1v) is 11.1. The molecule has 1 aliphatic rings. The molecule has 1 saturated heterocycles. The molecule has 1 heterocycles. The van der Waals surface area contributed by atoms with Gasteiger partial charge in [0, 0.05) is 36.2 Å². The number of ether oxygens (including phenoxy) is 1. The molecule has 1 atom stereocenters. The van der Waals surface area contributed by atoms with E-state index in [1.165, 1.54) is 10.4 Å². The number of carbonyl (C=O) groups excluding carboxylic acids is 1. The number of nitrogens with zero attached hydrogens (tertiary/aromatic N) is 2. The van der Waals surface area contributed by atoms with Gasteiger partial charge in [-0.3, -0.25) is 0 Å². The molecule has 0 N–H and O–H groups in total. The normalized spacial score (nSPS) is 18.6. The zero-order chi connectivity index (χ0) is 20.4. The van der Waals surface area contributed by atoms with Gasteiger partial charge in [-0.05, 0) is 51.3 Å². The van der Waals surface area contributed by atoms with Crippen LogP contribution in [0.1, 0.15) is 39.2 Å². The van der Waals surface area contributed by atoms with Crippen molar-refractivity contribution < 1.29 is 17.9 Å². The minimum atomic E-state index is -3.61. The van der Waals surface area contributed by atoms with E-state index in [-0.39, 0.29) is 11.8 Å². The van der Waals surface area contributed by atoms with Crippen molar-refractivity contribution in [3.8, 4) is 0 Å². The third kappa shape index (κ3) is 6.24. The Bertz CT molecular complexity index is 793. The number of halogens is 2. The number of likely N-dealkylation sites (tertiary alicyclic amines) is 1. The lowest BCUT2D eigenvalue weighted by Gasteiger charge is -2.37. The highest BCUT2D eigenvalue weighted by atomic mass is 35.5. The van der Waals surface area contributed by atoms with Crippen molar-refractivity contribution in [2.45, 2.75) is 51.0 Å². The van der Waals surface area contributed by atoms with Gasteiger partial charge in [0.05, 0.1) is 5.75 Å². The van der Waals surface area contributed by atoms with E-state index in [2.05, 4.69) is 0 Å². The van der Waals surface area contributed by atoms with Gasteiger partial charge in [-0.25, -0.2) is 13.2 Å². The van der Waals surface area contributed by atoms with Crippen LogP contribution in [0.2, 0.25) is 10.0 Å². The van der Waals surface area contributed by atoms with Gasteiger partial charge in [0.15, 0.2) is 0 Å². The van der Waals surface area contributed by atoms with E-state index in [9.17, 15) is 13.2 Å². The molecule has 0 radical (unpaired) electrons. The Morgan fingerprint density at radius 3 is 2.59 bits per heavy atom. The van der Waals surface area contributed by atoms with Crippen LogP contribution in [0.15, 0.2) is 18.2 Å². The second-order valence-electron chi connectivity index (χ2n) is 7.73. The number of hydrogen-bond donors (Lipinski definition) is 0. The SMILES string of the molecule is CN([C@H]1CCCN(C(=O)OC(C)(C)C)C1)S(=O)(=O)Cc1ccc(Cl)cc1Cl. The predicted octanol–water partition coefficient (Wildman–Crippen LogP) is 4.15. The highest BCUT2D eigenvalue weighted by molar-refractivity contribution is 7.88. The molecular formula is C18H26Cl2N2O4S. The van der Waals surface area contributed by atoms with Crippen LogP contribution >= 0.6 is 23.2 Å². The molecule has 0 unspecified atom stereocenters. The van der Waals surface area contributed by atoms with Gasteiger partial charge in [-0.2, -0.15) is 4.31 Å². The summed E-state index contributed by atoms with van der Waals surface area (Å²) in [5.74, 6) is -0.220. The maximum Gasteiger partial charge on any atom is 0.410 e. The van der Waals surface area contributed by atoms with Crippen molar-refractivity contribution in [1.82, 2.24) is 9.21 Å². The van der Waals surface area contributed by atoms with E-state index in [4.69, 9.17) is 27.9 Å². The van der Waals surface area contributed by atoms with Crippen LogP contribution in [-0.2, 0) is 20.5 Å². The zero-order valence-electron chi connectivity index (χ0n) is 16.0. The fourth-order valence-corrected chi connectivity index (χ4v) is 4.94. The summed E-state index contributed by atoms with van der Waals surface area (Å²) in [6.45, 7) is 6.28. The molecule has 0 saturated carbocycles. The van der Waals surface area contributed by atoms with Crippen LogP contribution in [0.3, 0.4) is 0 Å². The molecule has 2 rings (SSSR count). The summed E-state index contributed by atoms with van der Waals surface area (Å²) in [4.78, 5) is 13.9. The fourth-order valence-electron chi connectivity index (χ4n) is 2.91. The Balaban J connectivity index is 2.08. The van der Waals surface area contributed by atoms with E-state index in [0.29, 0.717) is 41.5 Å². The van der Waals surface area contributed by atoms with Crippen molar-refractivity contribution >= 4 is 39.3 Å². The summed E-state index contributed by atoms with van der Waals surface area (Å²) in [7, 11) is -2.06. The number of carbonyl (C=O) groups is 1. The maximum absolute atomic E-state index is 12.8. The molecule has 1 aliphatic heterocycles. The number of hydrogen-bond acceptors (Lipinski definition) is 4. The van der Waals surface area contributed by atoms with Crippen molar-refractivity contribution in [3.63, 3.8) is 0 Å². The number of amides is 1. The molecule has 27 heavy (non-hydrogen) atoms. The first-order chi connectivity index (χ1) is 12.4. The summed E-state index contributed by atoms with van der Waals surface area (Å²) in [5.41, 5.74) is -0.0967. The molecule has 0 aromatic heterocycles. The van der Waals surface area contributed by atoms with E-state index >= 15 is 0 Å². The molecule has 0 bridgehead atoms. The Morgan fingerprint density at radius 1 is 1.33 bits per heavy atom. The topological polar surface area (TPSA) is 66.9 Å². The molecule has 0 aliphatic carbocycles. The van der Waals surface area contributed by atoms with E-state index < -0.39 is 21.7 Å². The molecule has 1 amide bonds. The van der Waals surface area contributed by atoms with Crippen LogP contribution in [0.25, 0.3) is 0 Å². The maximum atomic E-state index is 12.8. The monoisotopic (exact) mass is 436 g/mol. The molecule has 0 spiro atoms. The largest absolute Gasteiger partial charge is 0.444 e. The van der Waals surface area contributed by atoms with Gasteiger partial charge >= 0.3 is 6.09 Å². The van der Waals surface area contributed by atoms with E-state index in [1.54, 1.807) is 44.9 Å². The smallest absolute Gasteiger partial charge is 0.410 e. The molecule has 9 heteroatoms. The Labute approximate surface area is 171 Å². The Hall–Kier alpha value is -1.02. The third-order valence-electron chi connectivity index (χ3n) is 4.35.